The number of carbonyl (C=O) groups excluding carboxylic acids is 1. The molecular weight excluding hydrogens is 280 g/mol. The number of nitrogens with one attached hydrogen (secondary N) is 1. The Kier molecular flexibility index (Phi) is 6.52. The van der Waals surface area contributed by atoms with Crippen LogP contribution < -0.4 is 10.1 Å². The van der Waals surface area contributed by atoms with Crippen molar-refractivity contribution in [2.75, 3.05) is 26.3 Å². The Bertz CT molecular complexity index is 471. The average molecular weight is 306 g/mol. The molecule has 5 nitrogen and oxygen atoms in total. The number of hydrogen-bond donors (Lipinski definition) is 1. The second-order valence-corrected chi connectivity index (χ2v) is 5.38. The number of rotatable bonds is 6. The maximum atomic E-state index is 11.7. The zero-order valence-corrected chi connectivity index (χ0v) is 13.5. The van der Waals surface area contributed by atoms with Crippen LogP contribution in [0.1, 0.15) is 32.3 Å². The summed E-state index contributed by atoms with van der Waals surface area (Å²) in [4.78, 5) is 13.5. The molecule has 0 atom stereocenters. The lowest BCUT2D eigenvalue weighted by molar-refractivity contribution is 0.0950. The Morgan fingerprint density at radius 3 is 2.64 bits per heavy atom. The van der Waals surface area contributed by atoms with Crippen molar-refractivity contribution in [3.8, 4) is 5.75 Å². The van der Waals surface area contributed by atoms with Crippen molar-refractivity contribution >= 4 is 6.09 Å². The number of benzene rings is 1. The molecule has 0 bridgehead atoms. The lowest BCUT2D eigenvalue weighted by atomic mass is 10.0. The fourth-order valence-electron chi connectivity index (χ4n) is 2.68. The minimum Gasteiger partial charge on any atom is -0.494 e. The van der Waals surface area contributed by atoms with Crippen LogP contribution in [0, 0.1) is 0 Å². The highest BCUT2D eigenvalue weighted by atomic mass is 16.6. The van der Waals surface area contributed by atoms with Gasteiger partial charge in [0.1, 0.15) is 5.75 Å². The molecule has 1 aliphatic rings. The van der Waals surface area contributed by atoms with Crippen LogP contribution in [0.15, 0.2) is 24.3 Å². The van der Waals surface area contributed by atoms with E-state index < -0.39 is 0 Å². The Morgan fingerprint density at radius 2 is 1.95 bits per heavy atom. The van der Waals surface area contributed by atoms with Gasteiger partial charge in [-0.15, -0.1) is 0 Å². The van der Waals surface area contributed by atoms with Gasteiger partial charge in [0.25, 0.3) is 0 Å². The smallest absolute Gasteiger partial charge is 0.409 e. The topological polar surface area (TPSA) is 50.8 Å². The molecule has 2 rings (SSSR count). The quantitative estimate of drug-likeness (QED) is 0.878. The second-order valence-electron chi connectivity index (χ2n) is 5.38. The van der Waals surface area contributed by atoms with Crippen LogP contribution >= 0.6 is 0 Å². The number of piperidine rings is 1. The largest absolute Gasteiger partial charge is 0.494 e. The molecular formula is C17H26N2O3. The first kappa shape index (κ1) is 16.6. The number of amides is 1. The summed E-state index contributed by atoms with van der Waals surface area (Å²) < 4.78 is 10.7. The van der Waals surface area contributed by atoms with Gasteiger partial charge in [0.05, 0.1) is 13.2 Å². The van der Waals surface area contributed by atoms with Crippen molar-refractivity contribution in [2.45, 2.75) is 39.3 Å². The lowest BCUT2D eigenvalue weighted by Crippen LogP contribution is -2.44. The summed E-state index contributed by atoms with van der Waals surface area (Å²) in [5, 5.41) is 3.57. The fourth-order valence-corrected chi connectivity index (χ4v) is 2.68. The van der Waals surface area contributed by atoms with Crippen molar-refractivity contribution in [2.24, 2.45) is 0 Å². The van der Waals surface area contributed by atoms with Gasteiger partial charge in [0.15, 0.2) is 0 Å². The van der Waals surface area contributed by atoms with Crippen molar-refractivity contribution in [3.05, 3.63) is 29.8 Å². The van der Waals surface area contributed by atoms with Crippen molar-refractivity contribution < 1.29 is 14.3 Å². The highest BCUT2D eigenvalue weighted by Crippen LogP contribution is 2.19. The van der Waals surface area contributed by atoms with Gasteiger partial charge < -0.3 is 19.7 Å². The van der Waals surface area contributed by atoms with Gasteiger partial charge in [-0.05, 0) is 32.8 Å². The molecule has 22 heavy (non-hydrogen) atoms. The third-order valence-corrected chi connectivity index (χ3v) is 3.87. The van der Waals surface area contributed by atoms with Gasteiger partial charge in [-0.2, -0.15) is 0 Å². The third-order valence-electron chi connectivity index (χ3n) is 3.87. The predicted molar refractivity (Wildman–Crippen MR) is 86.1 cm³/mol. The fraction of sp³-hybridized carbons (Fsp3) is 0.588. The van der Waals surface area contributed by atoms with Crippen LogP contribution in [0.5, 0.6) is 5.75 Å². The van der Waals surface area contributed by atoms with Gasteiger partial charge in [-0.25, -0.2) is 4.79 Å². The van der Waals surface area contributed by atoms with Gasteiger partial charge >= 0.3 is 6.09 Å². The normalized spacial score (nSPS) is 15.6. The molecule has 1 amide bonds. The van der Waals surface area contributed by atoms with Crippen LogP contribution in [-0.4, -0.2) is 43.3 Å². The van der Waals surface area contributed by atoms with Crippen LogP contribution in [0.4, 0.5) is 4.79 Å². The van der Waals surface area contributed by atoms with E-state index in [1.807, 2.05) is 32.0 Å². The van der Waals surface area contributed by atoms with Gasteiger partial charge in [-0.3, -0.25) is 0 Å². The zero-order chi connectivity index (χ0) is 15.8. The minimum atomic E-state index is -0.192. The molecule has 1 saturated heterocycles. The lowest BCUT2D eigenvalue weighted by Gasteiger charge is -2.31. The number of para-hydroxylation sites is 1. The average Bonchev–Trinajstić information content (AvgIpc) is 2.55. The van der Waals surface area contributed by atoms with Crippen LogP contribution in [0.3, 0.4) is 0 Å². The maximum absolute atomic E-state index is 11.7. The van der Waals surface area contributed by atoms with Crippen molar-refractivity contribution in [3.63, 3.8) is 0 Å². The summed E-state index contributed by atoms with van der Waals surface area (Å²) in [5.74, 6) is 0.946. The molecule has 5 heteroatoms. The second kappa shape index (κ2) is 8.63. The molecule has 1 fully saturated rings. The summed E-state index contributed by atoms with van der Waals surface area (Å²) in [6.45, 7) is 7.24. The summed E-state index contributed by atoms with van der Waals surface area (Å²) in [7, 11) is 0. The van der Waals surface area contributed by atoms with E-state index in [4.69, 9.17) is 9.47 Å². The van der Waals surface area contributed by atoms with E-state index in [1.54, 1.807) is 4.90 Å². The minimum absolute atomic E-state index is 0.192. The number of nitrogens with zero attached hydrogens (tertiary/aromatic N) is 1. The highest BCUT2D eigenvalue weighted by molar-refractivity contribution is 5.67. The Balaban J connectivity index is 1.78. The first-order valence-electron chi connectivity index (χ1n) is 8.10. The molecule has 122 valence electrons. The number of hydrogen-bond acceptors (Lipinski definition) is 4. The van der Waals surface area contributed by atoms with Gasteiger partial charge in [0.2, 0.25) is 0 Å². The SMILES string of the molecule is CCOC(=O)N1CCC(NCc2ccccc2OCC)CC1. The Hall–Kier alpha value is -1.75. The molecule has 0 saturated carbocycles. The van der Waals surface area contributed by atoms with Crippen LogP contribution in [0.25, 0.3) is 0 Å². The van der Waals surface area contributed by atoms with E-state index in [-0.39, 0.29) is 6.09 Å². The molecule has 0 radical (unpaired) electrons. The number of ether oxygens (including phenoxy) is 2. The van der Waals surface area contributed by atoms with E-state index in [0.29, 0.717) is 19.3 Å². The monoisotopic (exact) mass is 306 g/mol. The van der Waals surface area contributed by atoms with E-state index in [2.05, 4.69) is 11.4 Å². The van der Waals surface area contributed by atoms with Crippen molar-refractivity contribution in [1.82, 2.24) is 10.2 Å². The van der Waals surface area contributed by atoms with E-state index >= 15 is 0 Å². The van der Waals surface area contributed by atoms with Crippen LogP contribution in [0.2, 0.25) is 0 Å². The van der Waals surface area contributed by atoms with Gasteiger partial charge in [0, 0.05) is 31.2 Å². The van der Waals surface area contributed by atoms with Crippen LogP contribution in [-0.2, 0) is 11.3 Å². The highest BCUT2D eigenvalue weighted by Gasteiger charge is 2.23. The summed E-state index contributed by atoms with van der Waals surface area (Å²) in [5.41, 5.74) is 1.18. The predicted octanol–water partition coefficient (Wildman–Crippen LogP) is 2.80. The van der Waals surface area contributed by atoms with Crippen molar-refractivity contribution in [1.29, 1.82) is 0 Å². The molecule has 0 spiro atoms. The maximum Gasteiger partial charge on any atom is 0.409 e. The first-order valence-corrected chi connectivity index (χ1v) is 8.10. The number of carbonyl (C=O) groups is 1. The molecule has 0 aromatic heterocycles. The molecule has 0 aliphatic carbocycles. The van der Waals surface area contributed by atoms with Gasteiger partial charge in [-0.1, -0.05) is 18.2 Å². The molecule has 1 N–H and O–H groups in total. The zero-order valence-electron chi connectivity index (χ0n) is 13.5. The summed E-state index contributed by atoms with van der Waals surface area (Å²) >= 11 is 0. The standard InChI is InChI=1S/C17H26N2O3/c1-3-21-16-8-6-5-7-14(16)13-18-15-9-11-19(12-10-15)17(20)22-4-2/h5-8,15,18H,3-4,9-13H2,1-2H3. The summed E-state index contributed by atoms with van der Waals surface area (Å²) in [6.07, 6.45) is 1.72. The Morgan fingerprint density at radius 1 is 1.23 bits per heavy atom. The third kappa shape index (κ3) is 4.63. The first-order chi connectivity index (χ1) is 10.7. The Labute approximate surface area is 132 Å². The van der Waals surface area contributed by atoms with E-state index in [1.165, 1.54) is 5.56 Å². The summed E-state index contributed by atoms with van der Waals surface area (Å²) in [6, 6.07) is 8.55. The molecule has 1 aliphatic heterocycles. The molecule has 0 unspecified atom stereocenters. The van der Waals surface area contributed by atoms with E-state index in [9.17, 15) is 4.79 Å². The molecule has 1 aromatic rings. The van der Waals surface area contributed by atoms with E-state index in [0.717, 1.165) is 38.2 Å². The molecule has 1 heterocycles. The number of likely N-dealkylation sites (tertiary alicyclic amines) is 1. The molecule has 1 aromatic carbocycles.